The predicted octanol–water partition coefficient (Wildman–Crippen LogP) is 6.55. The Morgan fingerprint density at radius 2 is 1.66 bits per heavy atom. The molecule has 7 heteroatoms. The van der Waals surface area contributed by atoms with Crippen molar-refractivity contribution >= 4 is 5.97 Å². The van der Waals surface area contributed by atoms with Crippen LogP contribution in [0.1, 0.15) is 31.9 Å². The van der Waals surface area contributed by atoms with Gasteiger partial charge in [0.25, 0.3) is 5.89 Å². The smallest absolute Gasteiger partial charge is 0.344 e. The van der Waals surface area contributed by atoms with Crippen molar-refractivity contribution in [1.29, 1.82) is 0 Å². The van der Waals surface area contributed by atoms with Gasteiger partial charge in [-0.2, -0.15) is 4.98 Å². The zero-order valence-corrected chi connectivity index (χ0v) is 20.4. The number of benzene rings is 3. The van der Waals surface area contributed by atoms with Gasteiger partial charge in [-0.15, -0.1) is 0 Å². The van der Waals surface area contributed by atoms with Crippen molar-refractivity contribution in [2.45, 2.75) is 40.2 Å². The predicted molar refractivity (Wildman–Crippen MR) is 131 cm³/mol. The minimum absolute atomic E-state index is 0.0641. The number of carbonyl (C=O) groups is 1. The highest BCUT2D eigenvalue weighted by Crippen LogP contribution is 2.31. The summed E-state index contributed by atoms with van der Waals surface area (Å²) in [4.78, 5) is 16.2. The molecule has 0 fully saturated rings. The molecule has 0 spiro atoms. The van der Waals surface area contributed by atoms with Crippen LogP contribution in [0.5, 0.6) is 5.75 Å². The topological polar surface area (TPSA) is 74.5 Å². The fraction of sp³-hybridized carbons (Fsp3) is 0.250. The fourth-order valence-electron chi connectivity index (χ4n) is 3.70. The largest absolute Gasteiger partial charge is 0.479 e. The molecule has 0 atom stereocenters. The lowest BCUT2D eigenvalue weighted by Gasteiger charge is -2.19. The van der Waals surface area contributed by atoms with E-state index in [4.69, 9.17) is 14.0 Å². The first kappa shape index (κ1) is 24.1. The third kappa shape index (κ3) is 5.74. The second-order valence-corrected chi connectivity index (χ2v) is 9.29. The summed E-state index contributed by atoms with van der Waals surface area (Å²) in [5, 5.41) is 4.00. The molecule has 180 valence electrons. The maximum Gasteiger partial charge on any atom is 0.344 e. The number of hydrogen-bond donors (Lipinski definition) is 0. The maximum absolute atomic E-state index is 14.6. The standard InChI is InChI=1S/C28H27FN2O4/c1-17-8-6-7-9-21(17)22-12-10-20(14-18(22)2)27-30-26(31-35-27)19-11-13-24(23(29)15-19)33-16-25(32)34-28(3,4)5/h6-15H,16H2,1-5H3. The molecule has 3 aromatic carbocycles. The van der Waals surface area contributed by atoms with Crippen molar-refractivity contribution in [2.24, 2.45) is 0 Å². The summed E-state index contributed by atoms with van der Waals surface area (Å²) < 4.78 is 30.5. The third-order valence-electron chi connectivity index (χ3n) is 5.29. The van der Waals surface area contributed by atoms with Gasteiger partial charge in [-0.25, -0.2) is 9.18 Å². The Morgan fingerprint density at radius 1 is 0.943 bits per heavy atom. The van der Waals surface area contributed by atoms with Crippen LogP contribution in [0.4, 0.5) is 4.39 Å². The van der Waals surface area contributed by atoms with Gasteiger partial charge in [0.05, 0.1) is 0 Å². The van der Waals surface area contributed by atoms with E-state index in [0.717, 1.165) is 16.7 Å². The van der Waals surface area contributed by atoms with Gasteiger partial charge in [0.2, 0.25) is 5.82 Å². The Balaban J connectivity index is 1.50. The van der Waals surface area contributed by atoms with E-state index >= 15 is 0 Å². The molecule has 0 aliphatic heterocycles. The lowest BCUT2D eigenvalue weighted by Crippen LogP contribution is -2.27. The Hall–Kier alpha value is -4.00. The van der Waals surface area contributed by atoms with E-state index in [1.165, 1.54) is 23.3 Å². The van der Waals surface area contributed by atoms with E-state index in [1.807, 2.05) is 37.3 Å². The quantitative estimate of drug-likeness (QED) is 0.295. The molecule has 0 N–H and O–H groups in total. The fourth-order valence-corrected chi connectivity index (χ4v) is 3.70. The molecule has 4 aromatic rings. The van der Waals surface area contributed by atoms with E-state index in [1.54, 1.807) is 26.8 Å². The van der Waals surface area contributed by atoms with Crippen LogP contribution < -0.4 is 4.74 Å². The van der Waals surface area contributed by atoms with Crippen LogP contribution in [-0.4, -0.2) is 28.3 Å². The van der Waals surface area contributed by atoms with Crippen LogP contribution in [0.15, 0.2) is 65.2 Å². The summed E-state index contributed by atoms with van der Waals surface area (Å²) in [6.45, 7) is 8.98. The summed E-state index contributed by atoms with van der Waals surface area (Å²) in [5.74, 6) is -0.697. The van der Waals surface area contributed by atoms with Gasteiger partial charge >= 0.3 is 5.97 Å². The van der Waals surface area contributed by atoms with Gasteiger partial charge in [0.15, 0.2) is 18.2 Å². The molecule has 1 aromatic heterocycles. The summed E-state index contributed by atoms with van der Waals surface area (Å²) in [7, 11) is 0. The van der Waals surface area contributed by atoms with E-state index in [0.29, 0.717) is 11.5 Å². The van der Waals surface area contributed by atoms with Gasteiger partial charge in [-0.1, -0.05) is 35.5 Å². The van der Waals surface area contributed by atoms with Crippen molar-refractivity contribution in [1.82, 2.24) is 10.1 Å². The van der Waals surface area contributed by atoms with Gasteiger partial charge in [0, 0.05) is 11.1 Å². The Kier molecular flexibility index (Phi) is 6.69. The summed E-state index contributed by atoms with van der Waals surface area (Å²) in [5.41, 5.74) is 5.14. The molecule has 1 heterocycles. The van der Waals surface area contributed by atoms with Crippen LogP contribution >= 0.6 is 0 Å². The Bertz CT molecular complexity index is 1370. The van der Waals surface area contributed by atoms with E-state index < -0.39 is 24.0 Å². The average Bonchev–Trinajstić information content (AvgIpc) is 3.28. The Morgan fingerprint density at radius 3 is 2.34 bits per heavy atom. The highest BCUT2D eigenvalue weighted by atomic mass is 19.1. The molecular weight excluding hydrogens is 447 g/mol. The van der Waals surface area contributed by atoms with Crippen LogP contribution in [-0.2, 0) is 9.53 Å². The van der Waals surface area contributed by atoms with E-state index in [2.05, 4.69) is 29.2 Å². The highest BCUT2D eigenvalue weighted by Gasteiger charge is 2.18. The second kappa shape index (κ2) is 9.70. The van der Waals surface area contributed by atoms with Gasteiger partial charge in [-0.05, 0) is 87.2 Å². The van der Waals surface area contributed by atoms with E-state index in [-0.39, 0.29) is 11.6 Å². The number of halogens is 1. The second-order valence-electron chi connectivity index (χ2n) is 9.29. The van der Waals surface area contributed by atoms with Crippen LogP contribution in [0, 0.1) is 19.7 Å². The van der Waals surface area contributed by atoms with Gasteiger partial charge in [-0.3, -0.25) is 0 Å². The number of ether oxygens (including phenoxy) is 2. The molecule has 0 saturated heterocycles. The molecule has 0 unspecified atom stereocenters. The first-order chi connectivity index (χ1) is 16.6. The molecule has 0 radical (unpaired) electrons. The number of esters is 1. The minimum atomic E-state index is -0.643. The molecule has 0 aliphatic rings. The summed E-state index contributed by atoms with van der Waals surface area (Å²) in [6, 6.07) is 18.4. The average molecular weight is 475 g/mol. The number of carbonyl (C=O) groups excluding carboxylic acids is 1. The normalized spacial score (nSPS) is 11.4. The van der Waals surface area contributed by atoms with Crippen molar-refractivity contribution in [3.63, 3.8) is 0 Å². The molecule has 0 amide bonds. The van der Waals surface area contributed by atoms with Gasteiger partial charge < -0.3 is 14.0 Å². The van der Waals surface area contributed by atoms with Crippen LogP contribution in [0.3, 0.4) is 0 Å². The Labute approximate surface area is 203 Å². The van der Waals surface area contributed by atoms with E-state index in [9.17, 15) is 9.18 Å². The van der Waals surface area contributed by atoms with Gasteiger partial charge in [0.1, 0.15) is 5.60 Å². The zero-order valence-electron chi connectivity index (χ0n) is 20.4. The first-order valence-corrected chi connectivity index (χ1v) is 11.3. The van der Waals surface area contributed by atoms with Crippen molar-refractivity contribution < 1.29 is 23.2 Å². The van der Waals surface area contributed by atoms with Crippen molar-refractivity contribution in [3.8, 4) is 39.7 Å². The molecule has 4 rings (SSSR count). The molecule has 0 saturated carbocycles. The lowest BCUT2D eigenvalue weighted by atomic mass is 9.95. The molecule has 0 bridgehead atoms. The zero-order chi connectivity index (χ0) is 25.2. The first-order valence-electron chi connectivity index (χ1n) is 11.3. The molecular formula is C28H27FN2O4. The maximum atomic E-state index is 14.6. The number of aryl methyl sites for hydroxylation is 2. The molecule has 35 heavy (non-hydrogen) atoms. The number of hydrogen-bond acceptors (Lipinski definition) is 6. The third-order valence-corrected chi connectivity index (χ3v) is 5.29. The SMILES string of the molecule is Cc1ccccc1-c1ccc(-c2nc(-c3ccc(OCC(=O)OC(C)(C)C)c(F)c3)no2)cc1C. The minimum Gasteiger partial charge on any atom is -0.479 e. The number of rotatable bonds is 6. The summed E-state index contributed by atoms with van der Waals surface area (Å²) >= 11 is 0. The monoisotopic (exact) mass is 474 g/mol. The molecule has 0 aliphatic carbocycles. The summed E-state index contributed by atoms with van der Waals surface area (Å²) in [6.07, 6.45) is 0. The van der Waals surface area contributed by atoms with Crippen molar-refractivity contribution in [3.05, 3.63) is 77.6 Å². The van der Waals surface area contributed by atoms with Crippen LogP contribution in [0.2, 0.25) is 0 Å². The lowest BCUT2D eigenvalue weighted by molar-refractivity contribution is -0.157. The number of nitrogens with zero attached hydrogens (tertiary/aromatic N) is 2. The highest BCUT2D eigenvalue weighted by molar-refractivity contribution is 5.74. The number of aromatic nitrogens is 2. The van der Waals surface area contributed by atoms with Crippen molar-refractivity contribution in [2.75, 3.05) is 6.61 Å². The van der Waals surface area contributed by atoms with Crippen LogP contribution in [0.25, 0.3) is 34.0 Å². The molecule has 6 nitrogen and oxygen atoms in total.